The van der Waals surface area contributed by atoms with Crippen molar-refractivity contribution in [2.45, 2.75) is 19.3 Å². The van der Waals surface area contributed by atoms with Gasteiger partial charge in [0.05, 0.1) is 25.0 Å². The Kier molecular flexibility index (Phi) is 1.58. The molecule has 1 amide bonds. The van der Waals surface area contributed by atoms with Crippen molar-refractivity contribution in [3.05, 3.63) is 0 Å². The zero-order chi connectivity index (χ0) is 8.66. The van der Waals surface area contributed by atoms with Crippen LogP contribution in [0.4, 0.5) is 0 Å². The Morgan fingerprint density at radius 2 is 2.00 bits per heavy atom. The van der Waals surface area contributed by atoms with Gasteiger partial charge in [-0.2, -0.15) is 0 Å². The Balaban J connectivity index is 2.26. The first kappa shape index (κ1) is 7.92. The number of fused-ring (bicyclic) bond motifs is 2. The summed E-state index contributed by atoms with van der Waals surface area (Å²) in [5.41, 5.74) is -0.140. The molecule has 12 heavy (non-hydrogen) atoms. The van der Waals surface area contributed by atoms with Crippen molar-refractivity contribution in [3.8, 4) is 0 Å². The van der Waals surface area contributed by atoms with Gasteiger partial charge in [0.2, 0.25) is 0 Å². The van der Waals surface area contributed by atoms with E-state index in [0.29, 0.717) is 4.48 Å². The molecule has 2 aliphatic heterocycles. The maximum atomic E-state index is 10.9. The number of quaternary nitrogens is 1. The summed E-state index contributed by atoms with van der Waals surface area (Å²) in [6.07, 6.45) is 5.04. The van der Waals surface area contributed by atoms with E-state index in [9.17, 15) is 9.59 Å². The van der Waals surface area contributed by atoms with E-state index < -0.39 is 0 Å². The quantitative estimate of drug-likeness (QED) is 0.440. The minimum Gasteiger partial charge on any atom is -0.303 e. The molecule has 2 bridgehead atoms. The van der Waals surface area contributed by atoms with Gasteiger partial charge in [-0.25, -0.2) is 4.79 Å². The molecular formula is C9H14NO2+. The number of hydrogen-bond acceptors (Lipinski definition) is 2. The topological polar surface area (TPSA) is 34.1 Å². The Bertz CT molecular complexity index is 207. The van der Waals surface area contributed by atoms with Crippen molar-refractivity contribution in [1.29, 1.82) is 0 Å². The largest absolute Gasteiger partial charge is 0.303 e. The fraction of sp³-hybridized carbons (Fsp3) is 0.778. The maximum Gasteiger partial charge on any atom is 0.301 e. The third-order valence-electron chi connectivity index (χ3n) is 3.44. The second-order valence-electron chi connectivity index (χ2n) is 4.26. The molecule has 66 valence electrons. The van der Waals surface area contributed by atoms with E-state index in [2.05, 4.69) is 0 Å². The van der Waals surface area contributed by atoms with Crippen LogP contribution in [0.15, 0.2) is 0 Å². The van der Waals surface area contributed by atoms with Crippen LogP contribution in [0.5, 0.6) is 0 Å². The van der Waals surface area contributed by atoms with Crippen LogP contribution in [0.25, 0.3) is 0 Å². The fourth-order valence-corrected chi connectivity index (χ4v) is 2.67. The predicted molar refractivity (Wildman–Crippen MR) is 43.3 cm³/mol. The number of aldehydes is 1. The van der Waals surface area contributed by atoms with Crippen LogP contribution in [0.2, 0.25) is 0 Å². The molecule has 3 nitrogen and oxygen atoms in total. The average Bonchev–Trinajstić information content (AvgIpc) is 2.41. The fourth-order valence-electron chi connectivity index (χ4n) is 2.67. The highest BCUT2D eigenvalue weighted by atomic mass is 16.1. The molecule has 2 heterocycles. The van der Waals surface area contributed by atoms with Gasteiger partial charge in [-0.15, -0.1) is 0 Å². The second-order valence-corrected chi connectivity index (χ2v) is 4.26. The van der Waals surface area contributed by atoms with Crippen LogP contribution in [0, 0.1) is 5.41 Å². The molecule has 2 fully saturated rings. The van der Waals surface area contributed by atoms with Crippen molar-refractivity contribution in [2.75, 3.05) is 19.6 Å². The lowest BCUT2D eigenvalue weighted by Gasteiger charge is -2.33. The van der Waals surface area contributed by atoms with Crippen LogP contribution in [-0.2, 0) is 9.59 Å². The number of amides is 1. The summed E-state index contributed by atoms with van der Waals surface area (Å²) in [5.74, 6) is 0. The molecule has 0 aromatic rings. The normalized spacial score (nSPS) is 45.7. The Hall–Kier alpha value is -0.700. The Morgan fingerprint density at radius 1 is 1.17 bits per heavy atom. The third kappa shape index (κ3) is 0.926. The van der Waals surface area contributed by atoms with Gasteiger partial charge in [-0.1, -0.05) is 0 Å². The summed E-state index contributed by atoms with van der Waals surface area (Å²) in [4.78, 5) is 21.7. The van der Waals surface area contributed by atoms with Crippen molar-refractivity contribution in [2.24, 2.45) is 5.41 Å². The van der Waals surface area contributed by atoms with E-state index in [1.807, 2.05) is 0 Å². The SMILES string of the molecule is O=CC12CCC[N+](C=O)(CC1)C2. The first-order valence-electron chi connectivity index (χ1n) is 4.53. The van der Waals surface area contributed by atoms with Crippen LogP contribution >= 0.6 is 0 Å². The molecule has 3 heteroatoms. The summed E-state index contributed by atoms with van der Waals surface area (Å²) in [6, 6.07) is 0. The minimum absolute atomic E-state index is 0.140. The molecule has 0 saturated carbocycles. The number of carbonyl (C=O) groups excluding carboxylic acids is 2. The number of piperidine rings is 1. The molecule has 2 unspecified atom stereocenters. The molecule has 0 aromatic heterocycles. The molecule has 2 rings (SSSR count). The average molecular weight is 168 g/mol. The second kappa shape index (κ2) is 2.39. The minimum atomic E-state index is -0.140. The van der Waals surface area contributed by atoms with Crippen molar-refractivity contribution in [3.63, 3.8) is 0 Å². The number of hydrogen-bond donors (Lipinski definition) is 0. The molecule has 2 aliphatic rings. The standard InChI is InChI=1S/C9H14NO2/c11-7-9-2-1-4-10(6-9,8-12)5-3-9/h7-8H,1-6H2/q+1. The van der Waals surface area contributed by atoms with Gasteiger partial charge in [0.25, 0.3) is 0 Å². The highest BCUT2D eigenvalue weighted by Crippen LogP contribution is 2.41. The number of nitrogens with zero attached hydrogens (tertiary/aromatic N) is 1. The van der Waals surface area contributed by atoms with E-state index in [0.717, 1.165) is 51.6 Å². The number of rotatable bonds is 2. The van der Waals surface area contributed by atoms with Gasteiger partial charge in [0.1, 0.15) is 6.29 Å². The summed E-state index contributed by atoms with van der Waals surface area (Å²) >= 11 is 0. The molecule has 0 spiro atoms. The molecule has 0 radical (unpaired) electrons. The molecule has 0 N–H and O–H groups in total. The Morgan fingerprint density at radius 3 is 2.67 bits per heavy atom. The summed E-state index contributed by atoms with van der Waals surface area (Å²) in [5, 5.41) is 0. The van der Waals surface area contributed by atoms with Gasteiger partial charge >= 0.3 is 6.41 Å². The first-order chi connectivity index (χ1) is 5.74. The highest BCUT2D eigenvalue weighted by molar-refractivity contribution is 5.61. The third-order valence-corrected chi connectivity index (χ3v) is 3.44. The van der Waals surface area contributed by atoms with Crippen molar-refractivity contribution >= 4 is 12.7 Å². The molecule has 2 atom stereocenters. The molecule has 2 saturated heterocycles. The number of carbonyl (C=O) groups is 2. The predicted octanol–water partition coefficient (Wildman–Crippen LogP) is 0.342. The van der Waals surface area contributed by atoms with E-state index in [1.54, 1.807) is 0 Å². The smallest absolute Gasteiger partial charge is 0.301 e. The summed E-state index contributed by atoms with van der Waals surface area (Å²) < 4.78 is 0.540. The van der Waals surface area contributed by atoms with Gasteiger partial charge < -0.3 is 4.79 Å². The van der Waals surface area contributed by atoms with Crippen LogP contribution < -0.4 is 0 Å². The lowest BCUT2D eigenvalue weighted by Crippen LogP contribution is -2.50. The lowest BCUT2D eigenvalue weighted by molar-refractivity contribution is -0.839. The van der Waals surface area contributed by atoms with Gasteiger partial charge in [-0.3, -0.25) is 4.48 Å². The van der Waals surface area contributed by atoms with E-state index in [1.165, 1.54) is 0 Å². The molecule has 0 aliphatic carbocycles. The van der Waals surface area contributed by atoms with Crippen LogP contribution in [0.1, 0.15) is 19.3 Å². The summed E-state index contributed by atoms with van der Waals surface area (Å²) in [7, 11) is 0. The van der Waals surface area contributed by atoms with Gasteiger partial charge in [0, 0.05) is 6.42 Å². The summed E-state index contributed by atoms with van der Waals surface area (Å²) in [6.45, 7) is 2.58. The Labute approximate surface area is 71.9 Å². The molecule has 0 aromatic carbocycles. The molecular weight excluding hydrogens is 154 g/mol. The van der Waals surface area contributed by atoms with E-state index in [4.69, 9.17) is 0 Å². The highest BCUT2D eigenvalue weighted by Gasteiger charge is 2.51. The van der Waals surface area contributed by atoms with E-state index in [-0.39, 0.29) is 5.41 Å². The van der Waals surface area contributed by atoms with Crippen molar-refractivity contribution < 1.29 is 14.1 Å². The zero-order valence-electron chi connectivity index (χ0n) is 7.16. The van der Waals surface area contributed by atoms with Crippen molar-refractivity contribution in [1.82, 2.24) is 0 Å². The van der Waals surface area contributed by atoms with Gasteiger partial charge in [-0.05, 0) is 12.8 Å². The monoisotopic (exact) mass is 168 g/mol. The first-order valence-corrected chi connectivity index (χ1v) is 4.53. The zero-order valence-corrected chi connectivity index (χ0v) is 7.16. The van der Waals surface area contributed by atoms with E-state index >= 15 is 0 Å². The maximum absolute atomic E-state index is 10.9. The van der Waals surface area contributed by atoms with Crippen LogP contribution in [0.3, 0.4) is 0 Å². The van der Waals surface area contributed by atoms with Gasteiger partial charge in [0.15, 0.2) is 0 Å². The van der Waals surface area contributed by atoms with Crippen LogP contribution in [-0.4, -0.2) is 36.8 Å². The lowest BCUT2D eigenvalue weighted by atomic mass is 9.82.